The molecule has 1 aromatic carbocycles. The van der Waals surface area contributed by atoms with Crippen molar-refractivity contribution >= 4 is 10.9 Å². The van der Waals surface area contributed by atoms with Gasteiger partial charge in [-0.25, -0.2) is 0 Å². The van der Waals surface area contributed by atoms with Gasteiger partial charge < -0.3 is 10.7 Å². The molecule has 0 aliphatic heterocycles. The molecule has 74 valence electrons. The zero-order valence-corrected chi connectivity index (χ0v) is 8.67. The summed E-state index contributed by atoms with van der Waals surface area (Å²) in [5, 5.41) is 1.31. The second-order valence-corrected chi connectivity index (χ2v) is 3.99. The molecule has 0 bridgehead atoms. The molecule has 14 heavy (non-hydrogen) atoms. The molecular formula is C12H16N2. The summed E-state index contributed by atoms with van der Waals surface area (Å²) in [5.74, 6) is 0. The molecule has 2 nitrogen and oxygen atoms in total. The van der Waals surface area contributed by atoms with Crippen LogP contribution >= 0.6 is 0 Å². The van der Waals surface area contributed by atoms with Gasteiger partial charge in [-0.1, -0.05) is 18.2 Å². The molecule has 1 unspecified atom stereocenters. The van der Waals surface area contributed by atoms with Crippen LogP contribution in [-0.2, 0) is 6.42 Å². The van der Waals surface area contributed by atoms with Gasteiger partial charge in [0.15, 0.2) is 0 Å². The van der Waals surface area contributed by atoms with Crippen molar-refractivity contribution in [1.82, 2.24) is 4.98 Å². The number of rotatable bonds is 2. The topological polar surface area (TPSA) is 41.8 Å². The standard InChI is InChI=1S/C12H16N2/c1-8-7-14-12-10(6-9(2)13)4-3-5-11(8)12/h3-5,7,9,14H,6,13H2,1-2H3. The van der Waals surface area contributed by atoms with Gasteiger partial charge in [-0.05, 0) is 31.4 Å². The van der Waals surface area contributed by atoms with Crippen LogP contribution in [0, 0.1) is 6.92 Å². The summed E-state index contributed by atoms with van der Waals surface area (Å²) in [4.78, 5) is 3.31. The number of nitrogens with one attached hydrogen (secondary N) is 1. The lowest BCUT2D eigenvalue weighted by atomic mass is 10.0. The molecule has 0 aliphatic rings. The molecule has 0 fully saturated rings. The summed E-state index contributed by atoms with van der Waals surface area (Å²) >= 11 is 0. The number of para-hydroxylation sites is 1. The summed E-state index contributed by atoms with van der Waals surface area (Å²) in [5.41, 5.74) is 9.66. The Morgan fingerprint density at radius 2 is 2.21 bits per heavy atom. The summed E-state index contributed by atoms with van der Waals surface area (Å²) in [6.45, 7) is 4.16. The first-order valence-corrected chi connectivity index (χ1v) is 4.99. The number of hydrogen-bond acceptors (Lipinski definition) is 1. The van der Waals surface area contributed by atoms with E-state index in [4.69, 9.17) is 5.73 Å². The van der Waals surface area contributed by atoms with E-state index < -0.39 is 0 Å². The van der Waals surface area contributed by atoms with Crippen LogP contribution in [0.4, 0.5) is 0 Å². The predicted molar refractivity (Wildman–Crippen MR) is 60.4 cm³/mol. The summed E-state index contributed by atoms with van der Waals surface area (Å²) in [7, 11) is 0. The maximum Gasteiger partial charge on any atom is 0.0489 e. The van der Waals surface area contributed by atoms with Gasteiger partial charge in [0.25, 0.3) is 0 Å². The van der Waals surface area contributed by atoms with Gasteiger partial charge in [0, 0.05) is 23.1 Å². The maximum absolute atomic E-state index is 5.81. The van der Waals surface area contributed by atoms with Crippen LogP contribution in [-0.4, -0.2) is 11.0 Å². The van der Waals surface area contributed by atoms with Crippen molar-refractivity contribution in [3.63, 3.8) is 0 Å². The van der Waals surface area contributed by atoms with Crippen LogP contribution in [0.25, 0.3) is 10.9 Å². The van der Waals surface area contributed by atoms with Crippen molar-refractivity contribution in [2.24, 2.45) is 5.73 Å². The largest absolute Gasteiger partial charge is 0.361 e. The van der Waals surface area contributed by atoms with Crippen LogP contribution in [0.5, 0.6) is 0 Å². The van der Waals surface area contributed by atoms with Gasteiger partial charge in [0.05, 0.1) is 0 Å². The van der Waals surface area contributed by atoms with Gasteiger partial charge in [-0.3, -0.25) is 0 Å². The highest BCUT2D eigenvalue weighted by Crippen LogP contribution is 2.21. The number of aromatic nitrogens is 1. The van der Waals surface area contributed by atoms with E-state index in [1.54, 1.807) is 0 Å². The monoisotopic (exact) mass is 188 g/mol. The van der Waals surface area contributed by atoms with E-state index in [0.717, 1.165) is 6.42 Å². The molecule has 2 aromatic rings. The fraction of sp³-hybridized carbons (Fsp3) is 0.333. The first kappa shape index (κ1) is 9.28. The Labute approximate surface area is 84.1 Å². The van der Waals surface area contributed by atoms with E-state index in [2.05, 4.69) is 36.3 Å². The van der Waals surface area contributed by atoms with Gasteiger partial charge >= 0.3 is 0 Å². The molecule has 0 saturated carbocycles. The van der Waals surface area contributed by atoms with E-state index in [-0.39, 0.29) is 6.04 Å². The van der Waals surface area contributed by atoms with Gasteiger partial charge in [-0.15, -0.1) is 0 Å². The fourth-order valence-corrected chi connectivity index (χ4v) is 1.87. The van der Waals surface area contributed by atoms with Gasteiger partial charge in [0.2, 0.25) is 0 Å². The molecule has 0 aliphatic carbocycles. The normalized spacial score (nSPS) is 13.4. The Kier molecular flexibility index (Phi) is 2.30. The number of hydrogen-bond donors (Lipinski definition) is 2. The number of benzene rings is 1. The summed E-state index contributed by atoms with van der Waals surface area (Å²) < 4.78 is 0. The van der Waals surface area contributed by atoms with Crippen molar-refractivity contribution < 1.29 is 0 Å². The maximum atomic E-state index is 5.81. The molecule has 0 amide bonds. The first-order chi connectivity index (χ1) is 6.68. The van der Waals surface area contributed by atoms with Crippen LogP contribution < -0.4 is 5.73 Å². The molecule has 0 radical (unpaired) electrons. The minimum absolute atomic E-state index is 0.212. The van der Waals surface area contributed by atoms with Gasteiger partial charge in [-0.2, -0.15) is 0 Å². The number of fused-ring (bicyclic) bond motifs is 1. The van der Waals surface area contributed by atoms with Crippen LogP contribution in [0.3, 0.4) is 0 Å². The molecule has 2 heteroatoms. The lowest BCUT2D eigenvalue weighted by molar-refractivity contribution is 0.741. The molecular weight excluding hydrogens is 172 g/mol. The number of H-pyrrole nitrogens is 1. The van der Waals surface area contributed by atoms with E-state index in [1.807, 2.05) is 6.92 Å². The Balaban J connectivity index is 2.54. The predicted octanol–water partition coefficient (Wildman–Crippen LogP) is 2.37. The van der Waals surface area contributed by atoms with Crippen molar-refractivity contribution in [3.8, 4) is 0 Å². The van der Waals surface area contributed by atoms with Crippen molar-refractivity contribution in [2.45, 2.75) is 26.3 Å². The van der Waals surface area contributed by atoms with Gasteiger partial charge in [0.1, 0.15) is 0 Å². The summed E-state index contributed by atoms with van der Waals surface area (Å²) in [6.07, 6.45) is 2.98. The third-order valence-electron chi connectivity index (χ3n) is 2.55. The first-order valence-electron chi connectivity index (χ1n) is 4.99. The number of aromatic amines is 1. The van der Waals surface area contributed by atoms with E-state index in [9.17, 15) is 0 Å². The van der Waals surface area contributed by atoms with Crippen LogP contribution in [0.15, 0.2) is 24.4 Å². The third-order valence-corrected chi connectivity index (χ3v) is 2.55. The highest BCUT2D eigenvalue weighted by Gasteiger charge is 2.05. The summed E-state index contributed by atoms with van der Waals surface area (Å²) in [6, 6.07) is 6.60. The van der Waals surface area contributed by atoms with E-state index >= 15 is 0 Å². The molecule has 1 heterocycles. The lowest BCUT2D eigenvalue weighted by Crippen LogP contribution is -2.17. The van der Waals surface area contributed by atoms with Crippen molar-refractivity contribution in [1.29, 1.82) is 0 Å². The quantitative estimate of drug-likeness (QED) is 0.746. The second-order valence-electron chi connectivity index (χ2n) is 3.99. The zero-order chi connectivity index (χ0) is 10.1. The Bertz CT molecular complexity index is 441. The van der Waals surface area contributed by atoms with E-state index in [1.165, 1.54) is 22.0 Å². The molecule has 1 aromatic heterocycles. The fourth-order valence-electron chi connectivity index (χ4n) is 1.87. The molecule has 0 saturated heterocycles. The molecule has 0 spiro atoms. The van der Waals surface area contributed by atoms with Crippen molar-refractivity contribution in [2.75, 3.05) is 0 Å². The average Bonchev–Trinajstić information content (AvgIpc) is 2.49. The Morgan fingerprint density at radius 1 is 1.43 bits per heavy atom. The minimum Gasteiger partial charge on any atom is -0.361 e. The Hall–Kier alpha value is -1.28. The highest BCUT2D eigenvalue weighted by molar-refractivity contribution is 5.85. The molecule has 3 N–H and O–H groups in total. The van der Waals surface area contributed by atoms with Crippen LogP contribution in [0.1, 0.15) is 18.1 Å². The minimum atomic E-state index is 0.212. The third kappa shape index (κ3) is 1.53. The smallest absolute Gasteiger partial charge is 0.0489 e. The molecule has 1 atom stereocenters. The average molecular weight is 188 g/mol. The van der Waals surface area contributed by atoms with E-state index in [0.29, 0.717) is 0 Å². The number of nitrogens with two attached hydrogens (primary N) is 1. The SMILES string of the molecule is Cc1c[nH]c2c(CC(C)N)cccc12. The number of aryl methyl sites for hydroxylation is 1. The lowest BCUT2D eigenvalue weighted by Gasteiger charge is -2.06. The second kappa shape index (κ2) is 3.46. The molecule has 2 rings (SSSR count). The zero-order valence-electron chi connectivity index (χ0n) is 8.67. The highest BCUT2D eigenvalue weighted by atomic mass is 14.7. The Morgan fingerprint density at radius 3 is 2.93 bits per heavy atom. The van der Waals surface area contributed by atoms with Crippen LogP contribution in [0.2, 0.25) is 0 Å². The van der Waals surface area contributed by atoms with Crippen molar-refractivity contribution in [3.05, 3.63) is 35.5 Å².